The van der Waals surface area contributed by atoms with Crippen LogP contribution in [0, 0.1) is 0 Å². The van der Waals surface area contributed by atoms with E-state index in [0.29, 0.717) is 39.4 Å². The number of halogens is 1. The Morgan fingerprint density at radius 1 is 0.943 bits per heavy atom. The van der Waals surface area contributed by atoms with Crippen molar-refractivity contribution in [1.82, 2.24) is 9.97 Å². The third-order valence-electron chi connectivity index (χ3n) is 5.26. The molecule has 0 spiro atoms. The number of carbonyl (C=O) groups is 1. The molecule has 0 aliphatic rings. The summed E-state index contributed by atoms with van der Waals surface area (Å²) in [6, 6.07) is 21.5. The van der Waals surface area contributed by atoms with Gasteiger partial charge in [0.1, 0.15) is 17.9 Å². The predicted molar refractivity (Wildman–Crippen MR) is 142 cm³/mol. The fraction of sp³-hybridized carbons (Fsp3) is 0.115. The van der Waals surface area contributed by atoms with Gasteiger partial charge in [-0.15, -0.1) is 0 Å². The lowest BCUT2D eigenvalue weighted by Gasteiger charge is -2.15. The Kier molecular flexibility index (Phi) is 7.20. The van der Waals surface area contributed by atoms with Crippen molar-refractivity contribution in [3.05, 3.63) is 95.1 Å². The first-order chi connectivity index (χ1) is 16.8. The summed E-state index contributed by atoms with van der Waals surface area (Å²) in [5, 5.41) is 7.28. The Balaban J connectivity index is 1.63. The number of aromatic nitrogens is 2. The van der Waals surface area contributed by atoms with Crippen LogP contribution < -0.4 is 20.7 Å². The SMILES string of the molecule is COc1cc(P(C)(C)=O)ccc1Nc1ncc(Cl)c(Nc2ccccc2C(=O)c2ccccc2)n1. The smallest absolute Gasteiger partial charge is 0.229 e. The lowest BCUT2D eigenvalue weighted by atomic mass is 10.0. The van der Waals surface area contributed by atoms with Crippen molar-refractivity contribution < 1.29 is 14.1 Å². The van der Waals surface area contributed by atoms with Gasteiger partial charge in [0, 0.05) is 16.4 Å². The van der Waals surface area contributed by atoms with Gasteiger partial charge in [-0.2, -0.15) is 4.98 Å². The van der Waals surface area contributed by atoms with Crippen molar-refractivity contribution in [3.8, 4) is 5.75 Å². The van der Waals surface area contributed by atoms with Crippen LogP contribution in [0.2, 0.25) is 5.02 Å². The molecule has 9 heteroatoms. The molecule has 0 amide bonds. The monoisotopic (exact) mass is 506 g/mol. The molecule has 0 atom stereocenters. The molecule has 35 heavy (non-hydrogen) atoms. The fourth-order valence-corrected chi connectivity index (χ4v) is 4.42. The quantitative estimate of drug-likeness (QED) is 0.220. The molecule has 0 radical (unpaired) electrons. The van der Waals surface area contributed by atoms with Crippen LogP contribution in [0.5, 0.6) is 5.75 Å². The molecule has 1 heterocycles. The van der Waals surface area contributed by atoms with Crippen LogP contribution in [0.3, 0.4) is 0 Å². The summed E-state index contributed by atoms with van der Waals surface area (Å²) < 4.78 is 17.9. The van der Waals surface area contributed by atoms with Crippen LogP contribution in [0.4, 0.5) is 23.1 Å². The number of rotatable bonds is 8. The van der Waals surface area contributed by atoms with Gasteiger partial charge in [0.15, 0.2) is 11.6 Å². The molecule has 4 aromatic rings. The highest BCUT2D eigenvalue weighted by atomic mass is 35.5. The zero-order valence-electron chi connectivity index (χ0n) is 19.4. The Labute approximate surface area is 208 Å². The highest BCUT2D eigenvalue weighted by Gasteiger charge is 2.17. The van der Waals surface area contributed by atoms with Crippen LogP contribution in [-0.2, 0) is 4.57 Å². The summed E-state index contributed by atoms with van der Waals surface area (Å²) >= 11 is 6.37. The predicted octanol–water partition coefficient (Wildman–Crippen LogP) is 6.10. The Morgan fingerprint density at radius 2 is 1.66 bits per heavy atom. The number of methoxy groups -OCH3 is 1. The second kappa shape index (κ2) is 10.3. The van der Waals surface area contributed by atoms with E-state index in [1.165, 1.54) is 13.3 Å². The van der Waals surface area contributed by atoms with Gasteiger partial charge in [-0.3, -0.25) is 4.79 Å². The maximum atomic E-state index is 13.1. The van der Waals surface area contributed by atoms with E-state index >= 15 is 0 Å². The molecule has 3 aromatic carbocycles. The highest BCUT2D eigenvalue weighted by Crippen LogP contribution is 2.38. The van der Waals surface area contributed by atoms with Gasteiger partial charge < -0.3 is 19.9 Å². The summed E-state index contributed by atoms with van der Waals surface area (Å²) in [5.74, 6) is 0.996. The summed E-state index contributed by atoms with van der Waals surface area (Å²) in [4.78, 5) is 21.8. The number of nitrogens with one attached hydrogen (secondary N) is 2. The van der Waals surface area contributed by atoms with Crippen molar-refractivity contribution in [2.45, 2.75) is 0 Å². The number of ether oxygens (including phenoxy) is 1. The average molecular weight is 507 g/mol. The topological polar surface area (TPSA) is 93.2 Å². The van der Waals surface area contributed by atoms with E-state index in [1.807, 2.05) is 24.3 Å². The van der Waals surface area contributed by atoms with Gasteiger partial charge in [0.05, 0.1) is 24.7 Å². The third-order valence-corrected chi connectivity index (χ3v) is 7.06. The molecule has 0 bridgehead atoms. The normalized spacial score (nSPS) is 11.1. The molecule has 2 N–H and O–H groups in total. The average Bonchev–Trinajstić information content (AvgIpc) is 2.86. The van der Waals surface area contributed by atoms with E-state index in [4.69, 9.17) is 16.3 Å². The molecule has 0 fully saturated rings. The minimum Gasteiger partial charge on any atom is -0.495 e. The first-order valence-corrected chi connectivity index (χ1v) is 13.7. The van der Waals surface area contributed by atoms with E-state index in [2.05, 4.69) is 20.6 Å². The maximum Gasteiger partial charge on any atom is 0.229 e. The van der Waals surface area contributed by atoms with Crippen LogP contribution in [0.25, 0.3) is 0 Å². The summed E-state index contributed by atoms with van der Waals surface area (Å²) in [6.45, 7) is 3.41. The Morgan fingerprint density at radius 3 is 2.37 bits per heavy atom. The molecule has 4 rings (SSSR count). The van der Waals surface area contributed by atoms with Crippen molar-refractivity contribution in [3.63, 3.8) is 0 Å². The lowest BCUT2D eigenvalue weighted by Crippen LogP contribution is -2.08. The Hall–Kier alpha value is -3.67. The van der Waals surface area contributed by atoms with Gasteiger partial charge in [-0.05, 0) is 43.7 Å². The van der Waals surface area contributed by atoms with E-state index in [0.717, 1.165) is 0 Å². The molecular weight excluding hydrogens is 483 g/mol. The van der Waals surface area contributed by atoms with E-state index < -0.39 is 7.14 Å². The van der Waals surface area contributed by atoms with Crippen LogP contribution in [0.1, 0.15) is 15.9 Å². The Bertz CT molecular complexity index is 1420. The molecular formula is C26H24ClN4O3P. The lowest BCUT2D eigenvalue weighted by molar-refractivity contribution is 0.103. The molecule has 178 valence electrons. The standard InChI is InChI=1S/C26H24ClN4O3P/c1-34-23-15-18(35(2,3)33)13-14-22(23)30-26-28-16-20(27)25(31-26)29-21-12-8-7-11-19(21)24(32)17-9-5-4-6-10-17/h4-16H,1-3H3,(H2,28,29,30,31). The number of para-hydroxylation sites is 1. The van der Waals surface area contributed by atoms with Gasteiger partial charge in [0.2, 0.25) is 5.95 Å². The number of carbonyl (C=O) groups excluding carboxylic acids is 1. The number of hydrogen-bond acceptors (Lipinski definition) is 7. The first kappa shape index (κ1) is 24.5. The van der Waals surface area contributed by atoms with Crippen molar-refractivity contribution in [2.75, 3.05) is 31.1 Å². The van der Waals surface area contributed by atoms with Crippen molar-refractivity contribution in [1.29, 1.82) is 0 Å². The van der Waals surface area contributed by atoms with Crippen molar-refractivity contribution in [2.24, 2.45) is 0 Å². The van der Waals surface area contributed by atoms with Crippen LogP contribution >= 0.6 is 18.7 Å². The summed E-state index contributed by atoms with van der Waals surface area (Å²) in [6.07, 6.45) is 1.47. The molecule has 0 unspecified atom stereocenters. The maximum absolute atomic E-state index is 13.1. The number of hydrogen-bond donors (Lipinski definition) is 2. The zero-order chi connectivity index (χ0) is 25.0. The van der Waals surface area contributed by atoms with Crippen LogP contribution in [-0.4, -0.2) is 36.2 Å². The third kappa shape index (κ3) is 5.70. The molecule has 0 saturated heterocycles. The molecule has 0 aliphatic heterocycles. The number of nitrogens with zero attached hydrogens (tertiary/aromatic N) is 2. The molecule has 7 nitrogen and oxygen atoms in total. The van der Waals surface area contributed by atoms with Crippen LogP contribution in [0.15, 0.2) is 79.0 Å². The summed E-state index contributed by atoms with van der Waals surface area (Å²) in [5.41, 5.74) is 2.25. The molecule has 0 saturated carbocycles. The minimum atomic E-state index is -2.44. The van der Waals surface area contributed by atoms with Gasteiger partial charge in [0.25, 0.3) is 0 Å². The number of anilines is 4. The zero-order valence-corrected chi connectivity index (χ0v) is 21.1. The second-order valence-corrected chi connectivity index (χ2v) is 11.7. The number of benzene rings is 3. The minimum absolute atomic E-state index is 0.119. The van der Waals surface area contributed by atoms with E-state index in [1.54, 1.807) is 61.9 Å². The van der Waals surface area contributed by atoms with E-state index in [-0.39, 0.29) is 16.8 Å². The van der Waals surface area contributed by atoms with Gasteiger partial charge in [-0.1, -0.05) is 54.1 Å². The summed E-state index contributed by atoms with van der Waals surface area (Å²) in [7, 11) is -0.905. The fourth-order valence-electron chi connectivity index (χ4n) is 3.42. The molecule has 1 aromatic heterocycles. The largest absolute Gasteiger partial charge is 0.495 e. The molecule has 0 aliphatic carbocycles. The second-order valence-electron chi connectivity index (χ2n) is 8.12. The van der Waals surface area contributed by atoms with Gasteiger partial charge in [-0.25, -0.2) is 4.98 Å². The van der Waals surface area contributed by atoms with E-state index in [9.17, 15) is 9.36 Å². The highest BCUT2D eigenvalue weighted by molar-refractivity contribution is 7.70. The van der Waals surface area contributed by atoms with Gasteiger partial charge >= 0.3 is 0 Å². The van der Waals surface area contributed by atoms with Crippen molar-refractivity contribution >= 4 is 53.0 Å². The number of ketones is 1. The first-order valence-electron chi connectivity index (χ1n) is 10.7.